The number of aromatic nitrogens is 1. The Labute approximate surface area is 216 Å². The smallest absolute Gasteiger partial charge is 0.344 e. The van der Waals surface area contributed by atoms with Crippen LogP contribution in [0.1, 0.15) is 15.9 Å². The van der Waals surface area contributed by atoms with Gasteiger partial charge in [-0.25, -0.2) is 9.78 Å². The van der Waals surface area contributed by atoms with Crippen LogP contribution in [0.5, 0.6) is 0 Å². The molecule has 6 nitrogen and oxygen atoms in total. The van der Waals surface area contributed by atoms with Gasteiger partial charge >= 0.3 is 5.63 Å². The average Bonchev–Trinajstić information content (AvgIpc) is 3.33. The zero-order valence-corrected chi connectivity index (χ0v) is 20.4. The Morgan fingerprint density at radius 2 is 1.70 bits per heavy atom. The number of fused-ring (bicyclic) bond motifs is 2. The summed E-state index contributed by atoms with van der Waals surface area (Å²) in [7, 11) is 0. The summed E-state index contributed by atoms with van der Waals surface area (Å²) in [4.78, 5) is 30.3. The molecule has 2 aromatic heterocycles. The van der Waals surface area contributed by atoms with E-state index in [1.165, 1.54) is 0 Å². The van der Waals surface area contributed by atoms with E-state index in [1.54, 1.807) is 54.6 Å². The van der Waals surface area contributed by atoms with E-state index >= 15 is 0 Å². The highest BCUT2D eigenvalue weighted by Gasteiger charge is 2.15. The number of nitrogens with zero attached hydrogens (tertiary/aromatic N) is 1. The van der Waals surface area contributed by atoms with E-state index in [2.05, 4.69) is 10.3 Å². The molecule has 4 aromatic carbocycles. The van der Waals surface area contributed by atoms with E-state index in [4.69, 9.17) is 20.4 Å². The number of nitrogens with one attached hydrogen (secondary N) is 1. The minimum absolute atomic E-state index is 0.309. The second-order valence-corrected chi connectivity index (χ2v) is 9.12. The number of anilines is 1. The first-order chi connectivity index (χ1) is 17.9. The topological polar surface area (TPSA) is 85.3 Å². The van der Waals surface area contributed by atoms with Gasteiger partial charge in [0.25, 0.3) is 5.91 Å². The maximum atomic E-state index is 13.2. The van der Waals surface area contributed by atoms with Crippen molar-refractivity contribution in [3.8, 4) is 22.6 Å². The fourth-order valence-electron chi connectivity index (χ4n) is 4.20. The van der Waals surface area contributed by atoms with Gasteiger partial charge in [-0.2, -0.15) is 0 Å². The molecule has 1 N–H and O–H groups in total. The van der Waals surface area contributed by atoms with Crippen LogP contribution in [-0.2, 0) is 0 Å². The van der Waals surface area contributed by atoms with Crippen LogP contribution < -0.4 is 10.9 Å². The molecule has 6 aromatic rings. The molecule has 6 rings (SSSR count). The van der Waals surface area contributed by atoms with Crippen LogP contribution in [0.15, 0.2) is 105 Å². The first-order valence-electron chi connectivity index (χ1n) is 11.6. The minimum atomic E-state index is -0.459. The number of carbonyl (C=O) groups excluding carboxylic acids is 1. The predicted molar refractivity (Wildman–Crippen MR) is 145 cm³/mol. The molecule has 0 saturated heterocycles. The highest BCUT2D eigenvalue weighted by Crippen LogP contribution is 2.30. The Kier molecular flexibility index (Phi) is 5.58. The first-order valence-corrected chi connectivity index (χ1v) is 11.9. The molecule has 0 bridgehead atoms. The number of hydrogen-bond acceptors (Lipinski definition) is 5. The van der Waals surface area contributed by atoms with Gasteiger partial charge in [0.15, 0.2) is 5.58 Å². The number of hydrogen-bond donors (Lipinski definition) is 1. The molecular weight excluding hydrogens is 488 g/mol. The maximum Gasteiger partial charge on any atom is 0.344 e. The van der Waals surface area contributed by atoms with Crippen molar-refractivity contribution in [2.45, 2.75) is 6.92 Å². The highest BCUT2D eigenvalue weighted by atomic mass is 35.5. The Bertz CT molecular complexity index is 1890. The van der Waals surface area contributed by atoms with Crippen molar-refractivity contribution in [1.82, 2.24) is 4.98 Å². The standard InChI is InChI=1S/C30H19ClN2O4/c1-17-9-10-21(29-33-25-16-22(31)11-12-27(25)36-29)15-24(17)32-28(34)20-7-4-6-18(13-20)23-14-19-5-2-3-8-26(19)37-30(23)35/h2-16H,1H3,(H,32,34). The summed E-state index contributed by atoms with van der Waals surface area (Å²) in [5.41, 5.74) is 4.96. The van der Waals surface area contributed by atoms with Gasteiger partial charge in [-0.15, -0.1) is 0 Å². The van der Waals surface area contributed by atoms with E-state index in [9.17, 15) is 9.59 Å². The van der Waals surface area contributed by atoms with E-state index in [0.29, 0.717) is 50.0 Å². The van der Waals surface area contributed by atoms with Gasteiger partial charge in [-0.3, -0.25) is 4.79 Å². The molecule has 2 heterocycles. The molecule has 0 unspecified atom stereocenters. The van der Waals surface area contributed by atoms with Crippen molar-refractivity contribution in [2.75, 3.05) is 5.32 Å². The molecule has 37 heavy (non-hydrogen) atoms. The number of para-hydroxylation sites is 1. The van der Waals surface area contributed by atoms with Crippen LogP contribution >= 0.6 is 11.6 Å². The molecule has 0 atom stereocenters. The molecule has 1 amide bonds. The lowest BCUT2D eigenvalue weighted by Gasteiger charge is -2.11. The van der Waals surface area contributed by atoms with Crippen molar-refractivity contribution in [2.24, 2.45) is 0 Å². The second kappa shape index (κ2) is 9.08. The largest absolute Gasteiger partial charge is 0.436 e. The second-order valence-electron chi connectivity index (χ2n) is 8.68. The highest BCUT2D eigenvalue weighted by molar-refractivity contribution is 6.31. The fourth-order valence-corrected chi connectivity index (χ4v) is 4.37. The normalized spacial score (nSPS) is 11.2. The lowest BCUT2D eigenvalue weighted by Crippen LogP contribution is -2.13. The van der Waals surface area contributed by atoms with E-state index in [-0.39, 0.29) is 5.91 Å². The third-order valence-electron chi connectivity index (χ3n) is 6.16. The molecule has 0 saturated carbocycles. The fraction of sp³-hybridized carbons (Fsp3) is 0.0333. The minimum Gasteiger partial charge on any atom is -0.436 e. The summed E-state index contributed by atoms with van der Waals surface area (Å²) in [5.74, 6) is 0.120. The summed E-state index contributed by atoms with van der Waals surface area (Å²) >= 11 is 6.07. The van der Waals surface area contributed by atoms with E-state index < -0.39 is 5.63 Å². The van der Waals surface area contributed by atoms with E-state index in [0.717, 1.165) is 16.5 Å². The van der Waals surface area contributed by atoms with Crippen LogP contribution in [-0.4, -0.2) is 10.9 Å². The molecule has 0 aliphatic rings. The number of rotatable bonds is 4. The van der Waals surface area contributed by atoms with Gasteiger partial charge in [0, 0.05) is 27.2 Å². The Morgan fingerprint density at radius 1 is 0.838 bits per heavy atom. The van der Waals surface area contributed by atoms with Gasteiger partial charge in [-0.1, -0.05) is 48.0 Å². The molecule has 7 heteroatoms. The predicted octanol–water partition coefficient (Wildman–Crippen LogP) is 7.48. The van der Waals surface area contributed by atoms with Gasteiger partial charge < -0.3 is 14.2 Å². The molecule has 0 radical (unpaired) electrons. The lowest BCUT2D eigenvalue weighted by molar-refractivity contribution is 0.102. The molecule has 0 aliphatic carbocycles. The first kappa shape index (κ1) is 22.8. The van der Waals surface area contributed by atoms with Gasteiger partial charge in [0.05, 0.1) is 5.56 Å². The van der Waals surface area contributed by atoms with Crippen molar-refractivity contribution < 1.29 is 13.6 Å². The Hall–Kier alpha value is -4.68. The number of oxazole rings is 1. The zero-order chi connectivity index (χ0) is 25.5. The van der Waals surface area contributed by atoms with Crippen molar-refractivity contribution >= 4 is 45.3 Å². The third kappa shape index (κ3) is 4.39. The van der Waals surface area contributed by atoms with Crippen molar-refractivity contribution in [3.05, 3.63) is 118 Å². The number of benzene rings is 4. The van der Waals surface area contributed by atoms with Crippen LogP contribution in [0, 0.1) is 6.92 Å². The van der Waals surface area contributed by atoms with Crippen molar-refractivity contribution in [1.29, 1.82) is 0 Å². The van der Waals surface area contributed by atoms with Gasteiger partial charge in [0.2, 0.25) is 5.89 Å². The molecular formula is C30H19ClN2O4. The molecule has 0 aliphatic heterocycles. The summed E-state index contributed by atoms with van der Waals surface area (Å²) in [5, 5.41) is 4.35. The third-order valence-corrected chi connectivity index (χ3v) is 6.39. The van der Waals surface area contributed by atoms with Crippen LogP contribution in [0.25, 0.3) is 44.7 Å². The van der Waals surface area contributed by atoms with Crippen LogP contribution in [0.3, 0.4) is 0 Å². The number of aryl methyl sites for hydroxylation is 1. The number of amides is 1. The summed E-state index contributed by atoms with van der Waals surface area (Å²) in [6, 6.07) is 26.8. The maximum absolute atomic E-state index is 13.2. The molecule has 0 fully saturated rings. The van der Waals surface area contributed by atoms with Gasteiger partial charge in [0.1, 0.15) is 11.1 Å². The van der Waals surface area contributed by atoms with Crippen LogP contribution in [0.4, 0.5) is 5.69 Å². The number of carbonyl (C=O) groups is 1. The monoisotopic (exact) mass is 506 g/mol. The van der Waals surface area contributed by atoms with Crippen molar-refractivity contribution in [3.63, 3.8) is 0 Å². The summed E-state index contributed by atoms with van der Waals surface area (Å²) < 4.78 is 11.3. The average molecular weight is 507 g/mol. The quantitative estimate of drug-likeness (QED) is 0.250. The lowest BCUT2D eigenvalue weighted by atomic mass is 10.0. The number of halogens is 1. The summed E-state index contributed by atoms with van der Waals surface area (Å²) in [6.45, 7) is 1.90. The van der Waals surface area contributed by atoms with Gasteiger partial charge in [-0.05, 0) is 72.6 Å². The van der Waals surface area contributed by atoms with E-state index in [1.807, 2.05) is 43.3 Å². The zero-order valence-electron chi connectivity index (χ0n) is 19.6. The Morgan fingerprint density at radius 3 is 2.59 bits per heavy atom. The molecule has 180 valence electrons. The molecule has 0 spiro atoms. The SMILES string of the molecule is Cc1ccc(-c2nc3cc(Cl)ccc3o2)cc1NC(=O)c1cccc(-c2cc3ccccc3oc2=O)c1. The summed E-state index contributed by atoms with van der Waals surface area (Å²) in [6.07, 6.45) is 0. The van der Waals surface area contributed by atoms with Crippen LogP contribution in [0.2, 0.25) is 5.02 Å². The Balaban J connectivity index is 1.31.